The molecule has 7 heteroatoms. The van der Waals surface area contributed by atoms with Crippen LogP contribution in [0, 0.1) is 0 Å². The number of anilines is 2. The first-order valence-corrected chi connectivity index (χ1v) is 11.6. The van der Waals surface area contributed by atoms with Crippen LogP contribution < -0.4 is 14.4 Å². The van der Waals surface area contributed by atoms with Gasteiger partial charge in [-0.3, -0.25) is 4.72 Å². The second-order valence-corrected chi connectivity index (χ2v) is 9.18. The van der Waals surface area contributed by atoms with E-state index in [1.807, 2.05) is 36.4 Å². The van der Waals surface area contributed by atoms with E-state index >= 15 is 0 Å². The molecule has 1 aliphatic rings. The lowest BCUT2D eigenvalue weighted by molar-refractivity contribution is 0.121. The third-order valence-electron chi connectivity index (χ3n) is 5.55. The van der Waals surface area contributed by atoms with Crippen LogP contribution in [0.5, 0.6) is 5.75 Å². The molecular formula is C24H26N2O4S. The molecular weight excluding hydrogens is 412 g/mol. The molecule has 3 aromatic rings. The predicted molar refractivity (Wildman–Crippen MR) is 123 cm³/mol. The number of nitrogens with zero attached hydrogens (tertiary/aromatic N) is 1. The van der Waals surface area contributed by atoms with E-state index < -0.39 is 10.0 Å². The summed E-state index contributed by atoms with van der Waals surface area (Å²) < 4.78 is 38.8. The van der Waals surface area contributed by atoms with E-state index in [2.05, 4.69) is 9.62 Å². The van der Waals surface area contributed by atoms with E-state index in [1.54, 1.807) is 50.6 Å². The number of methoxy groups -OCH3 is 2. The van der Waals surface area contributed by atoms with Crippen LogP contribution in [0.25, 0.3) is 11.1 Å². The molecule has 1 saturated heterocycles. The van der Waals surface area contributed by atoms with Crippen LogP contribution in [0.4, 0.5) is 11.4 Å². The van der Waals surface area contributed by atoms with Crippen molar-refractivity contribution < 1.29 is 17.9 Å². The molecule has 0 amide bonds. The molecule has 1 fully saturated rings. The van der Waals surface area contributed by atoms with E-state index in [-0.39, 0.29) is 11.0 Å². The van der Waals surface area contributed by atoms with Crippen LogP contribution in [0.1, 0.15) is 6.42 Å². The first kappa shape index (κ1) is 21.2. The van der Waals surface area contributed by atoms with Crippen LogP contribution in [-0.2, 0) is 14.8 Å². The summed E-state index contributed by atoms with van der Waals surface area (Å²) in [7, 11) is -0.316. The fourth-order valence-electron chi connectivity index (χ4n) is 3.72. The van der Waals surface area contributed by atoms with Gasteiger partial charge in [0.2, 0.25) is 0 Å². The van der Waals surface area contributed by atoms with Gasteiger partial charge >= 0.3 is 0 Å². The highest BCUT2D eigenvalue weighted by Gasteiger charge is 2.22. The maximum atomic E-state index is 12.8. The molecule has 1 N–H and O–H groups in total. The summed E-state index contributed by atoms with van der Waals surface area (Å²) in [5, 5.41) is 0. The second kappa shape index (κ2) is 8.99. The molecule has 0 bridgehead atoms. The van der Waals surface area contributed by atoms with Crippen LogP contribution in [0.2, 0.25) is 0 Å². The Bertz CT molecular complexity index is 1110. The van der Waals surface area contributed by atoms with Crippen LogP contribution in [-0.4, -0.2) is 41.8 Å². The number of nitrogens with one attached hydrogen (secondary N) is 1. The Hall–Kier alpha value is -3.03. The van der Waals surface area contributed by atoms with E-state index in [1.165, 1.54) is 0 Å². The topological polar surface area (TPSA) is 67.9 Å². The highest BCUT2D eigenvalue weighted by Crippen LogP contribution is 2.26. The van der Waals surface area contributed by atoms with Gasteiger partial charge < -0.3 is 14.4 Å². The Kier molecular flexibility index (Phi) is 6.15. The summed E-state index contributed by atoms with van der Waals surface area (Å²) in [5.74, 6) is 0.779. The van der Waals surface area contributed by atoms with Crippen molar-refractivity contribution in [2.75, 3.05) is 36.9 Å². The Morgan fingerprint density at radius 1 is 0.871 bits per heavy atom. The minimum atomic E-state index is -3.67. The molecule has 1 unspecified atom stereocenters. The van der Waals surface area contributed by atoms with Crippen molar-refractivity contribution in [2.45, 2.75) is 17.4 Å². The van der Waals surface area contributed by atoms with Crippen molar-refractivity contribution in [3.05, 3.63) is 72.8 Å². The molecule has 1 atom stereocenters. The zero-order valence-electron chi connectivity index (χ0n) is 17.6. The third kappa shape index (κ3) is 4.84. The number of benzene rings is 3. The van der Waals surface area contributed by atoms with Gasteiger partial charge in [-0.1, -0.05) is 24.3 Å². The average Bonchev–Trinajstić information content (AvgIpc) is 3.29. The molecule has 3 aromatic carbocycles. The van der Waals surface area contributed by atoms with Gasteiger partial charge in [0.05, 0.1) is 18.1 Å². The monoisotopic (exact) mass is 438 g/mol. The van der Waals surface area contributed by atoms with Gasteiger partial charge in [0.1, 0.15) is 5.75 Å². The van der Waals surface area contributed by atoms with Crippen LogP contribution in [0.15, 0.2) is 77.7 Å². The minimum absolute atomic E-state index is 0.219. The fraction of sp³-hybridized carbons (Fsp3) is 0.250. The maximum absolute atomic E-state index is 12.8. The number of rotatable bonds is 7. The highest BCUT2D eigenvalue weighted by molar-refractivity contribution is 7.92. The standard InChI is InChI=1S/C24H26N2O4S/c1-29-22-11-3-18(4-12-22)19-5-13-24(14-6-19)31(27,28)25-20-7-9-21(10-8-20)26-16-15-23(17-26)30-2/h3-14,23,25H,15-17H2,1-2H3. The maximum Gasteiger partial charge on any atom is 0.261 e. The molecule has 0 saturated carbocycles. The van der Waals surface area contributed by atoms with E-state index in [9.17, 15) is 8.42 Å². The molecule has 162 valence electrons. The number of ether oxygens (including phenoxy) is 2. The zero-order valence-corrected chi connectivity index (χ0v) is 18.4. The minimum Gasteiger partial charge on any atom is -0.497 e. The van der Waals surface area contributed by atoms with Gasteiger partial charge in [-0.2, -0.15) is 0 Å². The quantitative estimate of drug-likeness (QED) is 0.593. The lowest BCUT2D eigenvalue weighted by Crippen LogP contribution is -2.22. The summed E-state index contributed by atoms with van der Waals surface area (Å²) in [6.45, 7) is 1.78. The van der Waals surface area contributed by atoms with E-state index in [0.717, 1.165) is 42.1 Å². The Labute approximate surface area is 183 Å². The largest absolute Gasteiger partial charge is 0.497 e. The number of hydrogen-bond acceptors (Lipinski definition) is 5. The van der Waals surface area contributed by atoms with Crippen molar-refractivity contribution in [2.24, 2.45) is 0 Å². The summed E-state index contributed by atoms with van der Waals surface area (Å²) in [6.07, 6.45) is 1.25. The number of sulfonamides is 1. The lowest BCUT2D eigenvalue weighted by atomic mass is 10.1. The zero-order chi connectivity index (χ0) is 21.8. The summed E-state index contributed by atoms with van der Waals surface area (Å²) in [6, 6.07) is 21.9. The molecule has 0 radical (unpaired) electrons. The van der Waals surface area contributed by atoms with E-state index in [4.69, 9.17) is 9.47 Å². The summed E-state index contributed by atoms with van der Waals surface area (Å²) in [4.78, 5) is 2.46. The van der Waals surface area contributed by atoms with Gasteiger partial charge in [0.25, 0.3) is 10.0 Å². The first-order chi connectivity index (χ1) is 15.0. The Morgan fingerprint density at radius 3 is 2.03 bits per heavy atom. The fourth-order valence-corrected chi connectivity index (χ4v) is 4.78. The molecule has 4 rings (SSSR count). The van der Waals surface area contributed by atoms with Gasteiger partial charge in [0, 0.05) is 31.6 Å². The molecule has 1 heterocycles. The van der Waals surface area contributed by atoms with Gasteiger partial charge in [-0.25, -0.2) is 8.42 Å². The lowest BCUT2D eigenvalue weighted by Gasteiger charge is -2.19. The molecule has 31 heavy (non-hydrogen) atoms. The first-order valence-electron chi connectivity index (χ1n) is 10.1. The number of hydrogen-bond donors (Lipinski definition) is 1. The summed E-state index contributed by atoms with van der Waals surface area (Å²) >= 11 is 0. The van der Waals surface area contributed by atoms with Gasteiger partial charge in [0.15, 0.2) is 0 Å². The van der Waals surface area contributed by atoms with Gasteiger partial charge in [-0.15, -0.1) is 0 Å². The molecule has 0 aliphatic carbocycles. The molecule has 0 aromatic heterocycles. The average molecular weight is 439 g/mol. The third-order valence-corrected chi connectivity index (χ3v) is 6.95. The second-order valence-electron chi connectivity index (χ2n) is 7.50. The Morgan fingerprint density at radius 2 is 1.48 bits per heavy atom. The SMILES string of the molecule is COc1ccc(-c2ccc(S(=O)(=O)Nc3ccc(N4CCC(OC)C4)cc3)cc2)cc1. The normalized spacial score (nSPS) is 16.3. The highest BCUT2D eigenvalue weighted by atomic mass is 32.2. The van der Waals surface area contributed by atoms with E-state index in [0.29, 0.717) is 5.69 Å². The molecule has 6 nitrogen and oxygen atoms in total. The molecule has 1 aliphatic heterocycles. The van der Waals surface area contributed by atoms with Crippen LogP contribution in [0.3, 0.4) is 0 Å². The van der Waals surface area contributed by atoms with Crippen molar-refractivity contribution in [1.82, 2.24) is 0 Å². The smallest absolute Gasteiger partial charge is 0.261 e. The molecule has 0 spiro atoms. The van der Waals surface area contributed by atoms with Crippen LogP contribution >= 0.6 is 0 Å². The van der Waals surface area contributed by atoms with Crippen molar-refractivity contribution in [3.8, 4) is 16.9 Å². The van der Waals surface area contributed by atoms with Crippen molar-refractivity contribution >= 4 is 21.4 Å². The Balaban J connectivity index is 1.44. The van der Waals surface area contributed by atoms with Crippen molar-refractivity contribution in [3.63, 3.8) is 0 Å². The van der Waals surface area contributed by atoms with Crippen molar-refractivity contribution in [1.29, 1.82) is 0 Å². The van der Waals surface area contributed by atoms with Gasteiger partial charge in [-0.05, 0) is 66.1 Å². The summed E-state index contributed by atoms with van der Waals surface area (Å²) in [5.41, 5.74) is 3.52. The predicted octanol–water partition coefficient (Wildman–Crippen LogP) is 4.39.